The van der Waals surface area contributed by atoms with Gasteiger partial charge in [-0.05, 0) is 7.05 Å². The fourth-order valence-electron chi connectivity index (χ4n) is 0.874. The summed E-state index contributed by atoms with van der Waals surface area (Å²) < 4.78 is 24.5. The number of alkyl halides is 2. The summed E-state index contributed by atoms with van der Waals surface area (Å²) in [6.07, 6.45) is 1.70. The molecule has 0 aliphatic carbocycles. The van der Waals surface area contributed by atoms with Gasteiger partial charge in [-0.15, -0.1) is 0 Å². The number of nitrogens with one attached hydrogen (secondary N) is 1. The average Bonchev–Trinajstić information content (AvgIpc) is 2.07. The van der Waals surface area contributed by atoms with E-state index in [1.54, 1.807) is 0 Å². The summed E-state index contributed by atoms with van der Waals surface area (Å²) in [5, 5.41) is 2.47. The summed E-state index contributed by atoms with van der Waals surface area (Å²) >= 11 is 0. The number of hydrogen-bond donors (Lipinski definition) is 1. The van der Waals surface area contributed by atoms with Crippen LogP contribution in [0.3, 0.4) is 0 Å². The van der Waals surface area contributed by atoms with E-state index in [0.29, 0.717) is 0 Å². The van der Waals surface area contributed by atoms with Gasteiger partial charge in [0.25, 0.3) is 6.43 Å². The van der Waals surface area contributed by atoms with Crippen molar-refractivity contribution in [1.82, 2.24) is 15.3 Å². The van der Waals surface area contributed by atoms with E-state index in [4.69, 9.17) is 0 Å². The summed E-state index contributed by atoms with van der Waals surface area (Å²) in [6.45, 7) is 0. The minimum atomic E-state index is -2.47. The molecule has 0 saturated heterocycles. The quantitative estimate of drug-likeness (QED) is 0.741. The lowest BCUT2D eigenvalue weighted by atomic mass is 10.2. The average molecular weight is 173 g/mol. The van der Waals surface area contributed by atoms with Gasteiger partial charge in [-0.3, -0.25) is 9.97 Å². The lowest BCUT2D eigenvalue weighted by molar-refractivity contribution is 0.100. The standard InChI is InChI=1S/C7H9F2N3/c1-10-6(7(8)9)5-4-11-2-3-12-5/h2-4,6-7,10H,1H3. The highest BCUT2D eigenvalue weighted by Gasteiger charge is 2.21. The number of rotatable bonds is 3. The van der Waals surface area contributed by atoms with Gasteiger partial charge < -0.3 is 5.32 Å². The van der Waals surface area contributed by atoms with Gasteiger partial charge in [-0.1, -0.05) is 0 Å². The fraction of sp³-hybridized carbons (Fsp3) is 0.429. The molecular formula is C7H9F2N3. The Labute approximate surface area is 68.8 Å². The molecule has 1 N–H and O–H groups in total. The molecule has 0 aliphatic rings. The monoisotopic (exact) mass is 173 g/mol. The van der Waals surface area contributed by atoms with E-state index >= 15 is 0 Å². The first-order valence-corrected chi connectivity index (χ1v) is 3.47. The fourth-order valence-corrected chi connectivity index (χ4v) is 0.874. The van der Waals surface area contributed by atoms with E-state index in [1.807, 2.05) is 0 Å². The molecule has 0 aliphatic heterocycles. The molecule has 1 atom stereocenters. The van der Waals surface area contributed by atoms with Crippen molar-refractivity contribution in [2.24, 2.45) is 0 Å². The first kappa shape index (κ1) is 8.99. The third kappa shape index (κ3) is 1.94. The molecule has 0 spiro atoms. The van der Waals surface area contributed by atoms with Crippen LogP contribution < -0.4 is 5.32 Å². The smallest absolute Gasteiger partial charge is 0.259 e. The maximum absolute atomic E-state index is 12.3. The first-order chi connectivity index (χ1) is 5.75. The predicted molar refractivity (Wildman–Crippen MR) is 39.8 cm³/mol. The van der Waals surface area contributed by atoms with Gasteiger partial charge in [-0.2, -0.15) is 0 Å². The van der Waals surface area contributed by atoms with Crippen LogP contribution in [-0.2, 0) is 0 Å². The predicted octanol–water partition coefficient (Wildman–Crippen LogP) is 1.00. The number of aromatic nitrogens is 2. The Morgan fingerprint density at radius 2 is 2.17 bits per heavy atom. The van der Waals surface area contributed by atoms with Crippen molar-refractivity contribution in [2.75, 3.05) is 7.05 Å². The molecule has 1 aromatic heterocycles. The van der Waals surface area contributed by atoms with Gasteiger partial charge in [0.05, 0.1) is 11.9 Å². The molecule has 0 radical (unpaired) electrons. The highest BCUT2D eigenvalue weighted by molar-refractivity contribution is 5.02. The molecule has 0 saturated carbocycles. The molecule has 1 unspecified atom stereocenters. The van der Waals surface area contributed by atoms with Crippen LogP contribution in [0.4, 0.5) is 8.78 Å². The third-order valence-electron chi connectivity index (χ3n) is 1.46. The zero-order valence-corrected chi connectivity index (χ0v) is 6.54. The molecule has 0 amide bonds. The van der Waals surface area contributed by atoms with Crippen LogP contribution in [0.2, 0.25) is 0 Å². The Hall–Kier alpha value is -1.10. The van der Waals surface area contributed by atoms with Crippen molar-refractivity contribution in [3.05, 3.63) is 24.3 Å². The molecule has 0 fully saturated rings. The number of nitrogens with zero attached hydrogens (tertiary/aromatic N) is 2. The van der Waals surface area contributed by atoms with Gasteiger partial charge in [0, 0.05) is 12.4 Å². The minimum Gasteiger partial charge on any atom is -0.307 e. The third-order valence-corrected chi connectivity index (χ3v) is 1.46. The van der Waals surface area contributed by atoms with Gasteiger partial charge >= 0.3 is 0 Å². The minimum absolute atomic E-state index is 0.259. The van der Waals surface area contributed by atoms with Crippen LogP contribution in [0.5, 0.6) is 0 Å². The van der Waals surface area contributed by atoms with Gasteiger partial charge in [0.2, 0.25) is 0 Å². The molecule has 0 bridgehead atoms. The SMILES string of the molecule is CNC(c1cnccn1)C(F)F. The van der Waals surface area contributed by atoms with E-state index in [2.05, 4.69) is 15.3 Å². The summed E-state index contributed by atoms with van der Waals surface area (Å²) in [5.41, 5.74) is 0.259. The normalized spacial score (nSPS) is 13.3. The van der Waals surface area contributed by atoms with E-state index in [1.165, 1.54) is 25.6 Å². The Kier molecular flexibility index (Phi) is 3.04. The molecule has 66 valence electrons. The van der Waals surface area contributed by atoms with Crippen molar-refractivity contribution < 1.29 is 8.78 Å². The molecule has 3 nitrogen and oxygen atoms in total. The van der Waals surface area contributed by atoms with E-state index in [0.717, 1.165) is 0 Å². The summed E-state index contributed by atoms with van der Waals surface area (Å²) in [4.78, 5) is 7.47. The van der Waals surface area contributed by atoms with Crippen molar-refractivity contribution in [3.63, 3.8) is 0 Å². The van der Waals surface area contributed by atoms with E-state index < -0.39 is 12.5 Å². The largest absolute Gasteiger partial charge is 0.307 e. The van der Waals surface area contributed by atoms with Gasteiger partial charge in [0.15, 0.2) is 0 Å². The van der Waals surface area contributed by atoms with Crippen molar-refractivity contribution >= 4 is 0 Å². The van der Waals surface area contributed by atoms with E-state index in [-0.39, 0.29) is 5.69 Å². The molecule has 1 rings (SSSR count). The highest BCUT2D eigenvalue weighted by Crippen LogP contribution is 2.16. The Morgan fingerprint density at radius 3 is 2.58 bits per heavy atom. The molecular weight excluding hydrogens is 164 g/mol. The molecule has 12 heavy (non-hydrogen) atoms. The van der Waals surface area contributed by atoms with Crippen LogP contribution >= 0.6 is 0 Å². The lowest BCUT2D eigenvalue weighted by Gasteiger charge is -2.12. The summed E-state index contributed by atoms with van der Waals surface area (Å²) in [6, 6.07) is -1.03. The molecule has 1 heterocycles. The zero-order chi connectivity index (χ0) is 8.97. The highest BCUT2D eigenvalue weighted by atomic mass is 19.3. The second-order valence-corrected chi connectivity index (χ2v) is 2.23. The van der Waals surface area contributed by atoms with Gasteiger partial charge in [0.1, 0.15) is 6.04 Å². The van der Waals surface area contributed by atoms with Gasteiger partial charge in [-0.25, -0.2) is 8.78 Å². The van der Waals surface area contributed by atoms with Crippen LogP contribution in [0, 0.1) is 0 Å². The molecule has 1 aromatic rings. The van der Waals surface area contributed by atoms with Crippen molar-refractivity contribution in [2.45, 2.75) is 12.5 Å². The molecule has 0 aromatic carbocycles. The lowest BCUT2D eigenvalue weighted by Crippen LogP contribution is -2.24. The van der Waals surface area contributed by atoms with Crippen molar-refractivity contribution in [1.29, 1.82) is 0 Å². The maximum Gasteiger partial charge on any atom is 0.259 e. The zero-order valence-electron chi connectivity index (χ0n) is 6.54. The van der Waals surface area contributed by atoms with Crippen molar-refractivity contribution in [3.8, 4) is 0 Å². The molecule has 5 heteroatoms. The Bertz CT molecular complexity index is 227. The summed E-state index contributed by atoms with van der Waals surface area (Å²) in [7, 11) is 1.46. The second kappa shape index (κ2) is 4.06. The summed E-state index contributed by atoms with van der Waals surface area (Å²) in [5.74, 6) is 0. The second-order valence-electron chi connectivity index (χ2n) is 2.23. The Morgan fingerprint density at radius 1 is 1.42 bits per heavy atom. The number of halogens is 2. The Balaban J connectivity index is 2.80. The van der Waals surface area contributed by atoms with Crippen LogP contribution in [-0.4, -0.2) is 23.4 Å². The van der Waals surface area contributed by atoms with Crippen LogP contribution in [0.1, 0.15) is 11.7 Å². The maximum atomic E-state index is 12.3. The topological polar surface area (TPSA) is 37.8 Å². The van der Waals surface area contributed by atoms with E-state index in [9.17, 15) is 8.78 Å². The van der Waals surface area contributed by atoms with Crippen LogP contribution in [0.15, 0.2) is 18.6 Å². The number of hydrogen-bond acceptors (Lipinski definition) is 3. The van der Waals surface area contributed by atoms with Crippen LogP contribution in [0.25, 0.3) is 0 Å². The first-order valence-electron chi connectivity index (χ1n) is 3.47.